The lowest BCUT2D eigenvalue weighted by molar-refractivity contribution is 0.311. The molecule has 236 valence electrons. The molecule has 1 saturated heterocycles. The van der Waals surface area contributed by atoms with Crippen LogP contribution in [0, 0.1) is 0 Å². The summed E-state index contributed by atoms with van der Waals surface area (Å²) in [4.78, 5) is 32.3. The first-order chi connectivity index (χ1) is 22.6. The van der Waals surface area contributed by atoms with Crippen LogP contribution in [0.3, 0.4) is 0 Å². The summed E-state index contributed by atoms with van der Waals surface area (Å²) in [6.07, 6.45) is 0.795. The van der Waals surface area contributed by atoms with E-state index in [9.17, 15) is 5.11 Å². The molecule has 5 aromatic rings. The zero-order chi connectivity index (χ0) is 31.6. The third-order valence-corrected chi connectivity index (χ3v) is 7.22. The molecule has 0 amide bonds. The Labute approximate surface area is 267 Å². The molecule has 0 bridgehead atoms. The SMILES string of the molecule is Nc1ccc(CCNc2nc(Nc3ccccc3)nc(N3CCN(c4nc(NCCO)nc(Nc5ccccc5)n4)CC3)n2)cc1. The zero-order valence-electron chi connectivity index (χ0n) is 25.3. The molecule has 7 N–H and O–H groups in total. The maximum Gasteiger partial charge on any atom is 0.233 e. The number of nitrogens with zero attached hydrogens (tertiary/aromatic N) is 8. The fourth-order valence-corrected chi connectivity index (χ4v) is 4.86. The topological polar surface area (TPSA) is 178 Å². The van der Waals surface area contributed by atoms with Crippen molar-refractivity contribution >= 4 is 52.8 Å². The Balaban J connectivity index is 1.17. The van der Waals surface area contributed by atoms with Gasteiger partial charge in [0.05, 0.1) is 6.61 Å². The molecule has 3 heterocycles. The summed E-state index contributed by atoms with van der Waals surface area (Å²) in [6, 6.07) is 27.4. The summed E-state index contributed by atoms with van der Waals surface area (Å²) >= 11 is 0. The monoisotopic (exact) mass is 619 g/mol. The van der Waals surface area contributed by atoms with Gasteiger partial charge in [-0.25, -0.2) is 0 Å². The summed E-state index contributed by atoms with van der Waals surface area (Å²) in [6.45, 7) is 3.52. The van der Waals surface area contributed by atoms with Gasteiger partial charge in [0, 0.05) is 56.3 Å². The van der Waals surface area contributed by atoms with Gasteiger partial charge in [0.25, 0.3) is 0 Å². The Morgan fingerprint density at radius 2 is 1.02 bits per heavy atom. The van der Waals surface area contributed by atoms with Crippen LogP contribution in [0.4, 0.5) is 52.8 Å². The molecular weight excluding hydrogens is 582 g/mol. The van der Waals surface area contributed by atoms with E-state index < -0.39 is 0 Å². The third kappa shape index (κ3) is 8.24. The first-order valence-electron chi connectivity index (χ1n) is 15.2. The predicted molar refractivity (Wildman–Crippen MR) is 182 cm³/mol. The van der Waals surface area contributed by atoms with E-state index >= 15 is 0 Å². The van der Waals surface area contributed by atoms with Gasteiger partial charge >= 0.3 is 0 Å². The van der Waals surface area contributed by atoms with Crippen LogP contribution in [-0.2, 0) is 6.42 Å². The maximum atomic E-state index is 9.32. The van der Waals surface area contributed by atoms with Gasteiger partial charge in [0.1, 0.15) is 0 Å². The number of aromatic nitrogens is 6. The van der Waals surface area contributed by atoms with Crippen molar-refractivity contribution in [2.75, 3.05) is 82.7 Å². The lowest BCUT2D eigenvalue weighted by Crippen LogP contribution is -2.48. The van der Waals surface area contributed by atoms with Crippen molar-refractivity contribution in [3.05, 3.63) is 90.5 Å². The Kier molecular flexibility index (Phi) is 9.75. The molecule has 2 aromatic heterocycles. The van der Waals surface area contributed by atoms with Crippen molar-refractivity contribution in [3.8, 4) is 0 Å². The quantitative estimate of drug-likeness (QED) is 0.105. The van der Waals surface area contributed by atoms with Crippen molar-refractivity contribution in [1.29, 1.82) is 0 Å². The van der Waals surface area contributed by atoms with Crippen LogP contribution < -0.4 is 36.8 Å². The number of nitrogen functional groups attached to an aromatic ring is 1. The highest BCUT2D eigenvalue weighted by Crippen LogP contribution is 2.22. The maximum absolute atomic E-state index is 9.32. The highest BCUT2D eigenvalue weighted by atomic mass is 16.3. The first-order valence-corrected chi connectivity index (χ1v) is 15.2. The number of nitrogens with two attached hydrogens (primary N) is 1. The number of rotatable bonds is 13. The van der Waals surface area contributed by atoms with E-state index in [1.807, 2.05) is 84.9 Å². The highest BCUT2D eigenvalue weighted by Gasteiger charge is 2.23. The molecule has 3 aromatic carbocycles. The second-order valence-electron chi connectivity index (χ2n) is 10.6. The van der Waals surface area contributed by atoms with Crippen molar-refractivity contribution in [2.24, 2.45) is 0 Å². The van der Waals surface area contributed by atoms with Gasteiger partial charge in [-0.1, -0.05) is 48.5 Å². The van der Waals surface area contributed by atoms with E-state index in [-0.39, 0.29) is 6.61 Å². The third-order valence-electron chi connectivity index (χ3n) is 7.22. The smallest absolute Gasteiger partial charge is 0.233 e. The number of benzene rings is 3. The first kappa shape index (κ1) is 30.3. The van der Waals surface area contributed by atoms with Crippen molar-refractivity contribution < 1.29 is 5.11 Å². The van der Waals surface area contributed by atoms with E-state index in [1.165, 1.54) is 5.56 Å². The number of hydrogen-bond acceptors (Lipinski definition) is 14. The van der Waals surface area contributed by atoms with Crippen LogP contribution in [0.5, 0.6) is 0 Å². The molecule has 1 aliphatic rings. The van der Waals surface area contributed by atoms with E-state index in [2.05, 4.69) is 46.0 Å². The summed E-state index contributed by atoms with van der Waals surface area (Å²) in [5.74, 6) is 2.89. The van der Waals surface area contributed by atoms with Crippen molar-refractivity contribution in [2.45, 2.75) is 6.42 Å². The minimum Gasteiger partial charge on any atom is -0.399 e. The van der Waals surface area contributed by atoms with Crippen molar-refractivity contribution in [1.82, 2.24) is 29.9 Å². The van der Waals surface area contributed by atoms with Crippen LogP contribution in [0.15, 0.2) is 84.9 Å². The van der Waals surface area contributed by atoms with Crippen LogP contribution in [0.2, 0.25) is 0 Å². The molecule has 0 radical (unpaired) electrons. The fraction of sp³-hybridized carbons (Fsp3) is 0.250. The van der Waals surface area contributed by atoms with Gasteiger partial charge in [-0.3, -0.25) is 0 Å². The normalized spacial score (nSPS) is 12.9. The van der Waals surface area contributed by atoms with Crippen LogP contribution in [0.25, 0.3) is 0 Å². The Morgan fingerprint density at radius 3 is 1.50 bits per heavy atom. The molecule has 1 aliphatic heterocycles. The summed E-state index contributed by atoms with van der Waals surface area (Å²) < 4.78 is 0. The second-order valence-corrected chi connectivity index (χ2v) is 10.6. The minimum atomic E-state index is -0.0353. The Morgan fingerprint density at radius 1 is 0.565 bits per heavy atom. The van der Waals surface area contributed by atoms with Gasteiger partial charge in [0.15, 0.2) is 0 Å². The average molecular weight is 620 g/mol. The summed E-state index contributed by atoms with van der Waals surface area (Å²) in [5.41, 5.74) is 9.50. The molecule has 0 saturated carbocycles. The van der Waals surface area contributed by atoms with E-state index in [1.54, 1.807) is 0 Å². The lowest BCUT2D eigenvalue weighted by Gasteiger charge is -2.35. The lowest BCUT2D eigenvalue weighted by atomic mass is 10.1. The zero-order valence-corrected chi connectivity index (χ0v) is 25.3. The highest BCUT2D eigenvalue weighted by molar-refractivity contribution is 5.57. The fourth-order valence-electron chi connectivity index (χ4n) is 4.86. The van der Waals surface area contributed by atoms with Crippen LogP contribution in [-0.4, -0.2) is 80.9 Å². The molecule has 14 heteroatoms. The molecule has 46 heavy (non-hydrogen) atoms. The summed E-state index contributed by atoms with van der Waals surface area (Å²) in [7, 11) is 0. The number of hydrogen-bond donors (Lipinski definition) is 6. The van der Waals surface area contributed by atoms with Gasteiger partial charge in [-0.2, -0.15) is 29.9 Å². The van der Waals surface area contributed by atoms with Crippen molar-refractivity contribution in [3.63, 3.8) is 0 Å². The minimum absolute atomic E-state index is 0.0353. The molecule has 14 nitrogen and oxygen atoms in total. The Bertz CT molecular complexity index is 1680. The van der Waals surface area contributed by atoms with Gasteiger partial charge in [0.2, 0.25) is 35.7 Å². The largest absolute Gasteiger partial charge is 0.399 e. The molecule has 6 rings (SSSR count). The van der Waals surface area contributed by atoms with Gasteiger partial charge in [-0.15, -0.1) is 0 Å². The van der Waals surface area contributed by atoms with Gasteiger partial charge in [-0.05, 0) is 48.4 Å². The van der Waals surface area contributed by atoms with E-state index in [0.29, 0.717) is 75.0 Å². The molecule has 0 atom stereocenters. The average Bonchev–Trinajstić information content (AvgIpc) is 3.09. The van der Waals surface area contributed by atoms with E-state index in [0.717, 1.165) is 23.5 Å². The number of nitrogens with one attached hydrogen (secondary N) is 4. The van der Waals surface area contributed by atoms with Crippen LogP contribution >= 0.6 is 0 Å². The molecule has 0 aliphatic carbocycles. The number of para-hydroxylation sites is 2. The summed E-state index contributed by atoms with van der Waals surface area (Å²) in [5, 5.41) is 22.3. The molecule has 0 spiro atoms. The number of piperazine rings is 1. The Hall–Kier alpha value is -5.76. The molecule has 1 fully saturated rings. The van der Waals surface area contributed by atoms with E-state index in [4.69, 9.17) is 20.7 Å². The van der Waals surface area contributed by atoms with Gasteiger partial charge < -0.3 is 41.9 Å². The predicted octanol–water partition coefficient (Wildman–Crippen LogP) is 3.51. The van der Waals surface area contributed by atoms with Crippen LogP contribution in [0.1, 0.15) is 5.56 Å². The number of aliphatic hydroxyl groups is 1. The number of anilines is 9. The molecular formula is C32H37N13O. The number of aliphatic hydroxyl groups excluding tert-OH is 1. The standard InChI is InChI=1S/C32H37N13O/c33-24-13-11-23(12-14-24)15-16-34-27-38-29(36-25-7-3-1-4-8-25)42-31(40-27)44-18-20-45(21-19-44)32-41-28(35-17-22-46)39-30(43-32)37-26-9-5-2-6-10-26/h1-14,46H,15-22,33H2,(H2,34,36,38,40,42)(H2,35,37,39,41,43). The second kappa shape index (κ2) is 14.8. The molecule has 0 unspecified atom stereocenters.